The van der Waals surface area contributed by atoms with Gasteiger partial charge in [0, 0.05) is 45.3 Å². The fourth-order valence-corrected chi connectivity index (χ4v) is 3.59. The highest BCUT2D eigenvalue weighted by atomic mass is 16.6. The van der Waals surface area contributed by atoms with Crippen molar-refractivity contribution in [1.82, 2.24) is 9.80 Å². The van der Waals surface area contributed by atoms with E-state index in [4.69, 9.17) is 0 Å². The van der Waals surface area contributed by atoms with Crippen molar-refractivity contribution in [3.8, 4) is 0 Å². The molecule has 1 atom stereocenters. The summed E-state index contributed by atoms with van der Waals surface area (Å²) in [5, 5.41) is 11.2. The summed E-state index contributed by atoms with van der Waals surface area (Å²) in [4.78, 5) is 29.6. The molecule has 24 heavy (non-hydrogen) atoms. The van der Waals surface area contributed by atoms with Gasteiger partial charge in [0.15, 0.2) is 0 Å². The molecule has 7 heteroatoms. The Morgan fingerprint density at radius 2 is 1.71 bits per heavy atom. The van der Waals surface area contributed by atoms with Crippen LogP contribution in [-0.4, -0.2) is 65.9 Å². The topological polar surface area (TPSA) is 69.9 Å². The maximum absolute atomic E-state index is 12.5. The van der Waals surface area contributed by atoms with E-state index in [-0.39, 0.29) is 22.6 Å². The number of para-hydroxylation sites is 2. The van der Waals surface area contributed by atoms with E-state index in [0.717, 1.165) is 39.0 Å². The zero-order valence-corrected chi connectivity index (χ0v) is 14.1. The van der Waals surface area contributed by atoms with Gasteiger partial charge in [0.25, 0.3) is 5.69 Å². The van der Waals surface area contributed by atoms with E-state index in [1.807, 2.05) is 22.8 Å². The molecular weight excluding hydrogens is 308 g/mol. The minimum atomic E-state index is -0.332. The molecule has 3 rings (SSSR count). The monoisotopic (exact) mass is 332 g/mol. The molecule has 2 saturated heterocycles. The molecule has 0 aromatic heterocycles. The van der Waals surface area contributed by atoms with Crippen molar-refractivity contribution in [3.05, 3.63) is 34.4 Å². The standard InChI is InChI=1S/C17H24N4O3/c1-14(17(22)20-8-4-5-9-20)18-10-12-19(13-11-18)15-6-2-3-7-16(15)21(23)24/h2-3,6-7,14H,4-5,8-13H2,1H3/t14-/m0/s1. The summed E-state index contributed by atoms with van der Waals surface area (Å²) in [5.74, 6) is 0.214. The number of carbonyl (C=O) groups is 1. The molecule has 1 aromatic carbocycles. The van der Waals surface area contributed by atoms with Gasteiger partial charge in [-0.1, -0.05) is 12.1 Å². The Kier molecular flexibility index (Phi) is 4.99. The first-order valence-electron chi connectivity index (χ1n) is 8.59. The fourth-order valence-electron chi connectivity index (χ4n) is 3.59. The van der Waals surface area contributed by atoms with Gasteiger partial charge >= 0.3 is 0 Å². The Balaban J connectivity index is 1.61. The normalized spacial score (nSPS) is 20.2. The van der Waals surface area contributed by atoms with Crippen LogP contribution in [-0.2, 0) is 4.79 Å². The SMILES string of the molecule is C[C@@H](C(=O)N1CCCC1)N1CCN(c2ccccc2[N+](=O)[O-])CC1. The summed E-state index contributed by atoms with van der Waals surface area (Å²) in [5.41, 5.74) is 0.813. The number of hydrogen-bond acceptors (Lipinski definition) is 5. The Morgan fingerprint density at radius 1 is 1.08 bits per heavy atom. The van der Waals surface area contributed by atoms with Gasteiger partial charge in [0.05, 0.1) is 11.0 Å². The molecule has 1 aromatic rings. The molecule has 0 N–H and O–H groups in total. The molecule has 0 aliphatic carbocycles. The molecule has 1 amide bonds. The second-order valence-electron chi connectivity index (χ2n) is 6.48. The van der Waals surface area contributed by atoms with Crippen LogP contribution in [0, 0.1) is 10.1 Å². The minimum Gasteiger partial charge on any atom is -0.363 e. The van der Waals surface area contributed by atoms with Crippen LogP contribution in [0.5, 0.6) is 0 Å². The number of benzene rings is 1. The molecule has 2 fully saturated rings. The number of hydrogen-bond donors (Lipinski definition) is 0. The summed E-state index contributed by atoms with van der Waals surface area (Å²) in [7, 11) is 0. The van der Waals surface area contributed by atoms with E-state index in [1.165, 1.54) is 0 Å². The van der Waals surface area contributed by atoms with Crippen LogP contribution in [0.25, 0.3) is 0 Å². The first-order chi connectivity index (χ1) is 11.6. The second-order valence-corrected chi connectivity index (χ2v) is 6.48. The van der Waals surface area contributed by atoms with Gasteiger partial charge in [-0.15, -0.1) is 0 Å². The van der Waals surface area contributed by atoms with Crippen molar-refractivity contribution in [3.63, 3.8) is 0 Å². The quantitative estimate of drug-likeness (QED) is 0.620. The lowest BCUT2D eigenvalue weighted by molar-refractivity contribution is -0.384. The third-order valence-corrected chi connectivity index (χ3v) is 5.06. The third-order valence-electron chi connectivity index (χ3n) is 5.06. The number of nitro groups is 1. The van der Waals surface area contributed by atoms with Gasteiger partial charge < -0.3 is 9.80 Å². The molecule has 2 heterocycles. The summed E-state index contributed by atoms with van der Waals surface area (Å²) in [6.07, 6.45) is 2.20. The number of nitro benzene ring substituents is 1. The molecule has 130 valence electrons. The maximum atomic E-state index is 12.5. The highest BCUT2D eigenvalue weighted by molar-refractivity contribution is 5.81. The molecular formula is C17H24N4O3. The van der Waals surface area contributed by atoms with Crippen LogP contribution in [0.1, 0.15) is 19.8 Å². The van der Waals surface area contributed by atoms with E-state index in [9.17, 15) is 14.9 Å². The number of nitrogens with zero attached hydrogens (tertiary/aromatic N) is 4. The molecule has 0 bridgehead atoms. The summed E-state index contributed by atoms with van der Waals surface area (Å²) in [6.45, 7) is 6.60. The van der Waals surface area contributed by atoms with Crippen molar-refractivity contribution in [2.45, 2.75) is 25.8 Å². The zero-order valence-electron chi connectivity index (χ0n) is 14.1. The van der Waals surface area contributed by atoms with Crippen molar-refractivity contribution in [2.75, 3.05) is 44.2 Å². The first kappa shape index (κ1) is 16.7. The molecule has 0 unspecified atom stereocenters. The molecule has 0 radical (unpaired) electrons. The van der Waals surface area contributed by atoms with Crippen molar-refractivity contribution in [2.24, 2.45) is 0 Å². The Hall–Kier alpha value is -2.15. The predicted octanol–water partition coefficient (Wildman–Crippen LogP) is 1.73. The Morgan fingerprint density at radius 3 is 2.33 bits per heavy atom. The van der Waals surface area contributed by atoms with Gasteiger partial charge in [-0.2, -0.15) is 0 Å². The van der Waals surface area contributed by atoms with Crippen LogP contribution >= 0.6 is 0 Å². The Bertz CT molecular complexity index is 608. The van der Waals surface area contributed by atoms with Crippen LogP contribution in [0.15, 0.2) is 24.3 Å². The number of amides is 1. The van der Waals surface area contributed by atoms with Crippen molar-refractivity contribution in [1.29, 1.82) is 0 Å². The molecule has 0 spiro atoms. The lowest BCUT2D eigenvalue weighted by Gasteiger charge is -2.39. The van der Waals surface area contributed by atoms with E-state index < -0.39 is 0 Å². The second kappa shape index (κ2) is 7.17. The largest absolute Gasteiger partial charge is 0.363 e. The van der Waals surface area contributed by atoms with Crippen molar-refractivity contribution >= 4 is 17.3 Å². The van der Waals surface area contributed by atoms with Crippen molar-refractivity contribution < 1.29 is 9.72 Å². The average Bonchev–Trinajstić information content (AvgIpc) is 3.15. The van der Waals surface area contributed by atoms with Crippen LogP contribution < -0.4 is 4.90 Å². The molecule has 0 saturated carbocycles. The van der Waals surface area contributed by atoms with E-state index in [2.05, 4.69) is 4.90 Å². The lowest BCUT2D eigenvalue weighted by Crippen LogP contribution is -2.54. The van der Waals surface area contributed by atoms with Gasteiger partial charge in [0.2, 0.25) is 5.91 Å². The van der Waals surface area contributed by atoms with Gasteiger partial charge in [-0.3, -0.25) is 19.8 Å². The predicted molar refractivity (Wildman–Crippen MR) is 92.2 cm³/mol. The number of piperazine rings is 1. The highest BCUT2D eigenvalue weighted by Gasteiger charge is 2.31. The van der Waals surface area contributed by atoms with Crippen LogP contribution in [0.3, 0.4) is 0 Å². The maximum Gasteiger partial charge on any atom is 0.292 e. The van der Waals surface area contributed by atoms with Crippen LogP contribution in [0.4, 0.5) is 11.4 Å². The number of anilines is 1. The van der Waals surface area contributed by atoms with Gasteiger partial charge in [-0.05, 0) is 25.8 Å². The lowest BCUT2D eigenvalue weighted by atomic mass is 10.1. The number of carbonyl (C=O) groups excluding carboxylic acids is 1. The number of rotatable bonds is 4. The average molecular weight is 332 g/mol. The fraction of sp³-hybridized carbons (Fsp3) is 0.588. The van der Waals surface area contributed by atoms with Crippen LogP contribution in [0.2, 0.25) is 0 Å². The van der Waals surface area contributed by atoms with Gasteiger partial charge in [-0.25, -0.2) is 0 Å². The summed E-state index contributed by atoms with van der Waals surface area (Å²) < 4.78 is 0. The van der Waals surface area contributed by atoms with Gasteiger partial charge in [0.1, 0.15) is 5.69 Å². The summed E-state index contributed by atoms with van der Waals surface area (Å²) >= 11 is 0. The summed E-state index contributed by atoms with van der Waals surface area (Å²) in [6, 6.07) is 6.74. The first-order valence-corrected chi connectivity index (χ1v) is 8.59. The third kappa shape index (κ3) is 3.36. The molecule has 2 aliphatic rings. The molecule has 7 nitrogen and oxygen atoms in total. The minimum absolute atomic E-state index is 0.115. The van der Waals surface area contributed by atoms with E-state index in [1.54, 1.807) is 18.2 Å². The smallest absolute Gasteiger partial charge is 0.292 e. The molecule has 2 aliphatic heterocycles. The van der Waals surface area contributed by atoms with E-state index >= 15 is 0 Å². The number of likely N-dealkylation sites (tertiary alicyclic amines) is 1. The zero-order chi connectivity index (χ0) is 17.1. The highest BCUT2D eigenvalue weighted by Crippen LogP contribution is 2.28. The Labute approximate surface area is 142 Å². The van der Waals surface area contributed by atoms with E-state index in [0.29, 0.717) is 18.8 Å².